The van der Waals surface area contributed by atoms with Crippen LogP contribution in [0.2, 0.25) is 0 Å². The molecule has 0 spiro atoms. The number of benzene rings is 1. The second kappa shape index (κ2) is 11.9. The summed E-state index contributed by atoms with van der Waals surface area (Å²) in [6, 6.07) is 12.2. The summed E-state index contributed by atoms with van der Waals surface area (Å²) in [4.78, 5) is 39.0. The Morgan fingerprint density at radius 2 is 1.73 bits per heavy atom. The number of amides is 2. The number of pyridine rings is 1. The first-order valence-corrected chi connectivity index (χ1v) is 8.82. The Kier molecular flexibility index (Phi) is 9.88. The van der Waals surface area contributed by atoms with Crippen LogP contribution in [0.4, 0.5) is 15.3 Å². The van der Waals surface area contributed by atoms with Gasteiger partial charge in [0.25, 0.3) is 0 Å². The molecule has 1 aromatic heterocycles. The number of carbonyl (C=O) groups excluding carboxylic acids is 3. The van der Waals surface area contributed by atoms with Crippen LogP contribution < -0.4 is 34.2 Å². The van der Waals surface area contributed by atoms with Gasteiger partial charge in [-0.3, -0.25) is 5.32 Å². The van der Waals surface area contributed by atoms with E-state index >= 15 is 0 Å². The molecule has 2 amide bonds. The summed E-state index contributed by atoms with van der Waals surface area (Å²) in [6.07, 6.45) is -0.0498. The molecule has 2 rings (SSSR count). The molecule has 0 fully saturated rings. The number of nitrogens with one attached hydrogen (secondary N) is 2. The number of nitrogens with zero attached hydrogens (tertiary/aromatic N) is 1. The summed E-state index contributed by atoms with van der Waals surface area (Å²) in [7, 11) is 0. The number of carbonyl (C=O) groups is 3. The second-order valence-electron chi connectivity index (χ2n) is 6.90. The molecule has 0 atom stereocenters. The van der Waals surface area contributed by atoms with Crippen molar-refractivity contribution in [2.24, 2.45) is 0 Å². The monoisotopic (exact) mass is 409 g/mol. The maximum atomic E-state index is 11.8. The fourth-order valence-electron chi connectivity index (χ4n) is 2.00. The van der Waals surface area contributed by atoms with Crippen molar-refractivity contribution in [2.75, 3.05) is 11.9 Å². The number of alkyl carbamates (subject to hydrolysis) is 1. The number of esters is 1. The molecule has 0 unspecified atom stereocenters. The number of ether oxygens (including phenoxy) is 3. The van der Waals surface area contributed by atoms with Gasteiger partial charge in [0.05, 0.1) is 11.9 Å². The average Bonchev–Trinajstić information content (AvgIpc) is 2.66. The Bertz CT molecular complexity index is 844. The largest absolute Gasteiger partial charge is 1.00 e. The number of aromatic nitrogens is 1. The Morgan fingerprint density at radius 1 is 1.03 bits per heavy atom. The summed E-state index contributed by atoms with van der Waals surface area (Å²) in [6.45, 7) is 4.90. The zero-order chi connectivity index (χ0) is 21.3. The van der Waals surface area contributed by atoms with Crippen LogP contribution >= 0.6 is 0 Å². The fourth-order valence-corrected chi connectivity index (χ4v) is 2.00. The maximum absolute atomic E-state index is 11.8. The second-order valence-corrected chi connectivity index (χ2v) is 6.90. The normalized spacial score (nSPS) is 10.2. The average molecular weight is 409 g/mol. The molecule has 156 valence electrons. The third kappa shape index (κ3) is 9.96. The molecule has 10 heteroatoms. The van der Waals surface area contributed by atoms with E-state index in [1.807, 2.05) is 30.3 Å². The minimum atomic E-state index is -0.726. The maximum Gasteiger partial charge on any atom is 1.00 e. The van der Waals surface area contributed by atoms with Crippen molar-refractivity contribution in [1.29, 1.82) is 0 Å². The first kappa shape index (κ1) is 25.0. The van der Waals surface area contributed by atoms with Crippen molar-refractivity contribution < 1.29 is 48.9 Å². The van der Waals surface area contributed by atoms with Gasteiger partial charge in [-0.15, -0.1) is 0 Å². The molecular formula is C20H24LiN3O6. The molecular weight excluding hydrogens is 385 g/mol. The van der Waals surface area contributed by atoms with Gasteiger partial charge in [0, 0.05) is 6.07 Å². The van der Waals surface area contributed by atoms with Gasteiger partial charge in [0.15, 0.2) is 0 Å². The van der Waals surface area contributed by atoms with E-state index in [0.717, 1.165) is 5.56 Å². The molecule has 0 aliphatic rings. The van der Waals surface area contributed by atoms with Crippen molar-refractivity contribution in [2.45, 2.75) is 33.0 Å². The van der Waals surface area contributed by atoms with Crippen LogP contribution in [0.3, 0.4) is 0 Å². The predicted molar refractivity (Wildman–Crippen MR) is 105 cm³/mol. The zero-order valence-corrected chi connectivity index (χ0v) is 17.4. The summed E-state index contributed by atoms with van der Waals surface area (Å²) in [5, 5.41) is 4.80. The number of hydrogen-bond acceptors (Lipinski definition) is 7. The van der Waals surface area contributed by atoms with Gasteiger partial charge < -0.3 is 21.0 Å². The van der Waals surface area contributed by atoms with Crippen molar-refractivity contribution in [3.63, 3.8) is 0 Å². The Morgan fingerprint density at radius 3 is 2.33 bits per heavy atom. The predicted octanol–water partition coefficient (Wildman–Crippen LogP) is 0.377. The summed E-state index contributed by atoms with van der Waals surface area (Å²) < 4.78 is 15.1. The van der Waals surface area contributed by atoms with Gasteiger partial charge in [-0.05, 0) is 32.4 Å². The molecule has 2 aromatic rings. The molecule has 2 N–H and O–H groups in total. The van der Waals surface area contributed by atoms with Gasteiger partial charge in [-0.1, -0.05) is 30.3 Å². The topological polar surface area (TPSA) is 116 Å². The van der Waals surface area contributed by atoms with E-state index in [1.165, 1.54) is 18.3 Å². The van der Waals surface area contributed by atoms with Gasteiger partial charge >= 0.3 is 37.0 Å². The molecule has 1 heterocycles. The van der Waals surface area contributed by atoms with E-state index in [4.69, 9.17) is 14.2 Å². The molecule has 0 saturated heterocycles. The van der Waals surface area contributed by atoms with Crippen molar-refractivity contribution in [3.8, 4) is 5.88 Å². The standard InChI is InChI=1S/C20H23N3O6.Li.H/c1-20(2,3)29-18(25)22-12-17(24)28-16-10-9-15(11-21-16)23-19(26)27-13-14-7-5-4-6-8-14;;/h4-11H,12-13H2,1-3H3,(H,22,25)(H,23,26);;/q;+1;-1. The summed E-state index contributed by atoms with van der Waals surface area (Å²) in [5.74, 6) is -0.699. The van der Waals surface area contributed by atoms with Crippen LogP contribution in [-0.4, -0.2) is 35.3 Å². The zero-order valence-electron chi connectivity index (χ0n) is 18.4. The van der Waals surface area contributed by atoms with Crippen LogP contribution in [-0.2, 0) is 20.9 Å². The van der Waals surface area contributed by atoms with Gasteiger partial charge in [-0.25, -0.2) is 19.4 Å². The van der Waals surface area contributed by atoms with E-state index in [-0.39, 0.29) is 39.3 Å². The molecule has 1 aromatic carbocycles. The van der Waals surface area contributed by atoms with E-state index in [1.54, 1.807) is 20.8 Å². The Hall–Kier alpha value is -3.02. The minimum absolute atomic E-state index is 0. The minimum Gasteiger partial charge on any atom is -1.00 e. The van der Waals surface area contributed by atoms with Gasteiger partial charge in [0.2, 0.25) is 5.88 Å². The van der Waals surface area contributed by atoms with E-state index in [2.05, 4.69) is 15.6 Å². The fraction of sp³-hybridized carbons (Fsp3) is 0.300. The smallest absolute Gasteiger partial charge is 1.00 e. The van der Waals surface area contributed by atoms with Crippen molar-refractivity contribution in [1.82, 2.24) is 10.3 Å². The molecule has 30 heavy (non-hydrogen) atoms. The Balaban J connectivity index is 0.00000450. The van der Waals surface area contributed by atoms with Gasteiger partial charge in [0.1, 0.15) is 18.8 Å². The molecule has 0 radical (unpaired) electrons. The molecule has 0 saturated carbocycles. The number of rotatable bonds is 6. The summed E-state index contributed by atoms with van der Waals surface area (Å²) >= 11 is 0. The quantitative estimate of drug-likeness (QED) is 0.523. The molecule has 9 nitrogen and oxygen atoms in total. The van der Waals surface area contributed by atoms with E-state index in [9.17, 15) is 14.4 Å². The van der Waals surface area contributed by atoms with Crippen molar-refractivity contribution in [3.05, 3.63) is 54.2 Å². The van der Waals surface area contributed by atoms with Crippen LogP contribution in [0.15, 0.2) is 48.7 Å². The first-order valence-electron chi connectivity index (χ1n) is 8.82. The molecule has 0 aliphatic heterocycles. The first-order chi connectivity index (χ1) is 13.7. The Labute approximate surface area is 188 Å². The van der Waals surface area contributed by atoms with Crippen LogP contribution in [0.25, 0.3) is 0 Å². The number of hydrogen-bond donors (Lipinski definition) is 2. The molecule has 0 aliphatic carbocycles. The van der Waals surface area contributed by atoms with Crippen LogP contribution in [0.5, 0.6) is 5.88 Å². The SMILES string of the molecule is CC(C)(C)OC(=O)NCC(=O)Oc1ccc(NC(=O)OCc2ccccc2)cn1.[H-].[Li+]. The van der Waals surface area contributed by atoms with Crippen molar-refractivity contribution >= 4 is 23.8 Å². The van der Waals surface area contributed by atoms with E-state index in [0.29, 0.717) is 5.69 Å². The number of anilines is 1. The van der Waals surface area contributed by atoms with E-state index < -0.39 is 23.8 Å². The van der Waals surface area contributed by atoms with Crippen LogP contribution in [0, 0.1) is 0 Å². The van der Waals surface area contributed by atoms with Gasteiger partial charge in [-0.2, -0.15) is 0 Å². The summed E-state index contributed by atoms with van der Waals surface area (Å²) in [5.41, 5.74) is 0.568. The third-order valence-electron chi connectivity index (χ3n) is 3.19. The molecule has 0 bridgehead atoms. The van der Waals surface area contributed by atoms with Crippen LogP contribution in [0.1, 0.15) is 27.8 Å². The third-order valence-corrected chi connectivity index (χ3v) is 3.19.